The minimum Gasteiger partial charge on any atom is -0.496 e. The van der Waals surface area contributed by atoms with Gasteiger partial charge in [-0.25, -0.2) is 0 Å². The number of allylic oxidation sites excluding steroid dienone is 3. The molecule has 0 unspecified atom stereocenters. The van der Waals surface area contributed by atoms with Gasteiger partial charge < -0.3 is 95.9 Å². The van der Waals surface area contributed by atoms with Gasteiger partial charge in [-0.05, 0) is 158 Å². The van der Waals surface area contributed by atoms with Gasteiger partial charge in [-0.15, -0.1) is 0 Å². The number of rotatable bonds is 37. The summed E-state index contributed by atoms with van der Waals surface area (Å²) in [5.74, 6) is -5.30. The van der Waals surface area contributed by atoms with Crippen LogP contribution in [0.2, 0.25) is 0 Å². The van der Waals surface area contributed by atoms with Gasteiger partial charge in [0, 0.05) is 29.3 Å². The molecule has 0 saturated carbocycles. The van der Waals surface area contributed by atoms with Crippen molar-refractivity contribution in [3.63, 3.8) is 0 Å². The summed E-state index contributed by atoms with van der Waals surface area (Å²) in [7, 11) is 5.36. The maximum absolute atomic E-state index is 14.3. The number of hydrogen-bond acceptors (Lipinski definition) is 17. The summed E-state index contributed by atoms with van der Waals surface area (Å²) in [6.45, 7) is 6.47. The Kier molecular flexibility index (Phi) is 30.0. The Bertz CT molecular complexity index is 2860. The van der Waals surface area contributed by atoms with Gasteiger partial charge in [-0.2, -0.15) is 0 Å². The molecule has 3 rings (SSSR count). The Morgan fingerprint density at radius 2 is 0.929 bits per heavy atom. The van der Waals surface area contributed by atoms with Gasteiger partial charge in [0.1, 0.15) is 41.1 Å². The summed E-state index contributed by atoms with van der Waals surface area (Å²) in [5, 5.41) is 29.4. The quantitative estimate of drug-likeness (QED) is 0.00977. The molecule has 0 aliphatic rings. The second-order valence-electron chi connectivity index (χ2n) is 19.2. The van der Waals surface area contributed by atoms with Gasteiger partial charge in [-0.1, -0.05) is 13.0 Å². The van der Waals surface area contributed by atoms with E-state index in [0.29, 0.717) is 70.3 Å². The van der Waals surface area contributed by atoms with Crippen LogP contribution in [-0.4, -0.2) is 132 Å². The van der Waals surface area contributed by atoms with Crippen LogP contribution >= 0.6 is 0 Å². The van der Waals surface area contributed by atoms with Crippen LogP contribution in [0.5, 0.6) is 17.2 Å². The fourth-order valence-corrected chi connectivity index (χ4v) is 8.19. The first-order chi connectivity index (χ1) is 40.1. The summed E-state index contributed by atoms with van der Waals surface area (Å²) in [6, 6.07) is 8.63. The molecule has 21 N–H and O–H groups in total. The minimum atomic E-state index is -1.22. The van der Waals surface area contributed by atoms with E-state index in [9.17, 15) is 38.4 Å². The molecule has 0 bridgehead atoms. The number of anilines is 3. The molecular weight excluding hydrogens is 1090 g/mol. The van der Waals surface area contributed by atoms with E-state index < -0.39 is 71.4 Å². The van der Waals surface area contributed by atoms with Gasteiger partial charge in [-0.3, -0.25) is 43.8 Å². The first-order valence-corrected chi connectivity index (χ1v) is 27.2. The van der Waals surface area contributed by atoms with Crippen molar-refractivity contribution in [1.82, 2.24) is 26.6 Å². The summed E-state index contributed by atoms with van der Waals surface area (Å²) >= 11 is 0. The first kappa shape index (κ1) is 69.2. The van der Waals surface area contributed by atoms with Crippen LogP contribution < -0.4 is 91.1 Å². The molecule has 4 atom stereocenters. The SMILES string of the molecule is C=C(C(N)=O)/C(=C\C=C(/C)NC(=O)[C@@H](CCCCN)NC(=O)c1cc(NC(=O)[C@@H](CCCCN)NC(=O)c2cc(NC(=O)[C@@H](CCCNC(=N)N)NC(=O)c3cc(NC(=O)[C@H](N)CCCCN)ccc3OC)ccc2OC)ccc1OC)OC. The highest BCUT2D eigenvalue weighted by atomic mass is 16.5. The number of benzene rings is 3. The van der Waals surface area contributed by atoms with E-state index in [4.69, 9.17) is 58.8 Å². The summed E-state index contributed by atoms with van der Waals surface area (Å²) in [6.07, 6.45) is 7.19. The summed E-state index contributed by atoms with van der Waals surface area (Å²) < 4.78 is 21.7. The molecule has 0 spiro atoms. The highest BCUT2D eigenvalue weighted by Gasteiger charge is 2.29. The first-order valence-electron chi connectivity index (χ1n) is 27.2. The zero-order valence-corrected chi connectivity index (χ0v) is 48.3. The smallest absolute Gasteiger partial charge is 0.255 e. The third kappa shape index (κ3) is 22.7. The fraction of sp³-hybridized carbons (Fsp3) is 0.421. The largest absolute Gasteiger partial charge is 0.496 e. The lowest BCUT2D eigenvalue weighted by atomic mass is 10.1. The molecule has 3 aromatic carbocycles. The van der Waals surface area contributed by atoms with Crippen molar-refractivity contribution in [3.8, 4) is 17.2 Å². The van der Waals surface area contributed by atoms with Crippen LogP contribution in [0.25, 0.3) is 0 Å². The van der Waals surface area contributed by atoms with Gasteiger partial charge in [0.2, 0.25) is 23.6 Å². The van der Waals surface area contributed by atoms with E-state index in [0.717, 1.165) is 0 Å². The molecule has 0 aromatic heterocycles. The van der Waals surface area contributed by atoms with Crippen LogP contribution in [0.1, 0.15) is 109 Å². The topological polar surface area (TPSA) is 450 Å². The van der Waals surface area contributed by atoms with E-state index in [2.05, 4.69) is 49.1 Å². The highest BCUT2D eigenvalue weighted by Crippen LogP contribution is 2.27. The lowest BCUT2D eigenvalue weighted by Gasteiger charge is -2.22. The number of guanidine groups is 1. The predicted molar refractivity (Wildman–Crippen MR) is 320 cm³/mol. The summed E-state index contributed by atoms with van der Waals surface area (Å²) in [4.78, 5) is 109. The van der Waals surface area contributed by atoms with Crippen molar-refractivity contribution in [2.24, 2.45) is 34.4 Å². The summed E-state index contributed by atoms with van der Waals surface area (Å²) in [5.41, 5.74) is 34.6. The molecule has 3 aromatic rings. The van der Waals surface area contributed by atoms with Gasteiger partial charge in [0.15, 0.2) is 5.96 Å². The zero-order chi connectivity index (χ0) is 62.3. The third-order valence-electron chi connectivity index (χ3n) is 12.8. The Morgan fingerprint density at radius 1 is 0.548 bits per heavy atom. The molecule has 8 amide bonds. The van der Waals surface area contributed by atoms with Crippen molar-refractivity contribution in [2.45, 2.75) is 102 Å². The second-order valence-corrected chi connectivity index (χ2v) is 19.2. The maximum Gasteiger partial charge on any atom is 0.255 e. The maximum atomic E-state index is 14.3. The Morgan fingerprint density at radius 3 is 1.30 bits per heavy atom. The third-order valence-corrected chi connectivity index (χ3v) is 12.8. The number of nitrogens with one attached hydrogen (secondary N) is 9. The normalized spacial score (nSPS) is 12.6. The van der Waals surface area contributed by atoms with Crippen LogP contribution in [0, 0.1) is 5.41 Å². The number of amides is 8. The second kappa shape index (κ2) is 36.4. The van der Waals surface area contributed by atoms with Crippen molar-refractivity contribution < 1.29 is 57.3 Å². The highest BCUT2D eigenvalue weighted by molar-refractivity contribution is 6.07. The molecule has 84 heavy (non-hydrogen) atoms. The number of methoxy groups -OCH3 is 4. The van der Waals surface area contributed by atoms with E-state index in [1.807, 2.05) is 0 Å². The zero-order valence-electron chi connectivity index (χ0n) is 48.3. The average Bonchev–Trinajstić information content (AvgIpc) is 3.62. The molecule has 0 aliphatic carbocycles. The molecule has 0 heterocycles. The molecule has 0 aliphatic heterocycles. The lowest BCUT2D eigenvalue weighted by Crippen LogP contribution is -2.46. The number of ether oxygens (including phenoxy) is 4. The number of unbranched alkanes of at least 4 members (excludes halogenated alkanes) is 3. The molecule has 27 heteroatoms. The molecule has 0 fully saturated rings. The van der Waals surface area contributed by atoms with Gasteiger partial charge in [0.25, 0.3) is 23.6 Å². The van der Waals surface area contributed by atoms with Crippen LogP contribution in [0.3, 0.4) is 0 Å². The van der Waals surface area contributed by atoms with E-state index >= 15 is 0 Å². The van der Waals surface area contributed by atoms with Crippen molar-refractivity contribution in [1.29, 1.82) is 5.41 Å². The molecule has 0 radical (unpaired) electrons. The Hall–Kier alpha value is -9.05. The molecule has 458 valence electrons. The van der Waals surface area contributed by atoms with Crippen molar-refractivity contribution >= 4 is 70.3 Å². The van der Waals surface area contributed by atoms with Gasteiger partial charge in [0.05, 0.1) is 56.7 Å². The van der Waals surface area contributed by atoms with Crippen LogP contribution in [0.4, 0.5) is 17.1 Å². The monoisotopic (exact) mass is 1170 g/mol. The minimum absolute atomic E-state index is 0.0113. The van der Waals surface area contributed by atoms with Crippen LogP contribution in [0.15, 0.2) is 90.4 Å². The number of primary amides is 1. The van der Waals surface area contributed by atoms with Gasteiger partial charge >= 0.3 is 0 Å². The van der Waals surface area contributed by atoms with E-state index in [-0.39, 0.29) is 101 Å². The Labute approximate surface area is 489 Å². The standard InChI is InChI=1S/C57H83N15O12/c1-33(18-22-45(81-3)34(2)49(62)73)66-54(78)42(15-8-11-27-59)70-50(74)39-31-36(20-24-47(39)83-5)68-55(79)43(16-9-12-28-60)71-51(75)40-32-37(21-25-48(40)84-6)69-56(80)44(17-13-29-65-57(63)64)72-52(76)38-30-35(19-23-46(38)82-4)67-53(77)41(61)14-7-10-26-58/h18-25,30-32,41-44H,2,7-17,26-29,58-61H2,1,3-6H3,(H2,62,73)(H,66,78)(H,67,77)(H,68,79)(H,69,80)(H,70,74)(H,71,75)(H,72,76)(H4,63,64,65)/b33-18+,45-22+/t41-,42-,43-,44-/m1/s1. The van der Waals surface area contributed by atoms with Crippen molar-refractivity contribution in [3.05, 3.63) is 107 Å². The number of carbonyl (C=O) groups is 8. The predicted octanol–water partition coefficient (Wildman–Crippen LogP) is 1.79. The number of nitrogens with two attached hydrogens (primary N) is 6. The Balaban J connectivity index is 1.90. The number of carbonyl (C=O) groups excluding carboxylic acids is 8. The molecule has 27 nitrogen and oxygen atoms in total. The number of hydrogen-bond donors (Lipinski definition) is 15. The molecule has 0 saturated heterocycles. The lowest BCUT2D eigenvalue weighted by molar-refractivity contribution is -0.122. The van der Waals surface area contributed by atoms with E-state index in [1.165, 1.54) is 95.2 Å². The van der Waals surface area contributed by atoms with Crippen LogP contribution in [-0.2, 0) is 28.7 Å². The van der Waals surface area contributed by atoms with E-state index in [1.54, 1.807) is 6.92 Å². The fourth-order valence-electron chi connectivity index (χ4n) is 8.19. The van der Waals surface area contributed by atoms with Crippen molar-refractivity contribution in [2.75, 3.05) is 70.6 Å². The average molecular weight is 1170 g/mol. The molecular formula is C57H83N15O12.